The van der Waals surface area contributed by atoms with Crippen LogP contribution in [0.1, 0.15) is 19.4 Å². The minimum absolute atomic E-state index is 0.00832. The van der Waals surface area contributed by atoms with Crippen molar-refractivity contribution in [3.05, 3.63) is 29.8 Å². The molecule has 0 aromatic heterocycles. The first kappa shape index (κ1) is 14.8. The van der Waals surface area contributed by atoms with Gasteiger partial charge in [-0.25, -0.2) is 0 Å². The molecule has 1 aromatic carbocycles. The Bertz CT molecular complexity index is 387. The van der Waals surface area contributed by atoms with Crippen LogP contribution in [0.3, 0.4) is 0 Å². The zero-order chi connectivity index (χ0) is 13.6. The fourth-order valence-corrected chi connectivity index (χ4v) is 1.53. The molecular weight excluding hydrogens is 250 g/mol. The van der Waals surface area contributed by atoms with Crippen molar-refractivity contribution in [1.82, 2.24) is 5.32 Å². The number of amides is 1. The highest BCUT2D eigenvalue weighted by Gasteiger charge is 2.25. The van der Waals surface area contributed by atoms with Crippen LogP contribution < -0.4 is 10.1 Å². The molecule has 4 heteroatoms. The van der Waals surface area contributed by atoms with E-state index in [1.165, 1.54) is 5.56 Å². The quantitative estimate of drug-likeness (QED) is 0.807. The lowest BCUT2D eigenvalue weighted by molar-refractivity contribution is -0.128. The van der Waals surface area contributed by atoms with Gasteiger partial charge in [-0.05, 0) is 38.0 Å². The summed E-state index contributed by atoms with van der Waals surface area (Å²) in [5.74, 6) is 1.15. The van der Waals surface area contributed by atoms with Crippen LogP contribution in [-0.2, 0) is 11.2 Å². The third-order valence-corrected chi connectivity index (χ3v) is 3.48. The molecule has 0 fully saturated rings. The molecule has 0 unspecified atom stereocenters. The van der Waals surface area contributed by atoms with Gasteiger partial charge >= 0.3 is 0 Å². The SMILES string of the molecule is COc1ccc(CCNC(=O)C(C)(C)CCl)cc1. The fraction of sp³-hybridized carbons (Fsp3) is 0.500. The number of alkyl halides is 1. The van der Waals surface area contributed by atoms with Gasteiger partial charge in [0.25, 0.3) is 0 Å². The van der Waals surface area contributed by atoms with E-state index < -0.39 is 5.41 Å². The van der Waals surface area contributed by atoms with Crippen LogP contribution in [-0.4, -0.2) is 25.4 Å². The summed E-state index contributed by atoms with van der Waals surface area (Å²) in [4.78, 5) is 11.8. The average Bonchev–Trinajstić information content (AvgIpc) is 2.39. The number of benzene rings is 1. The molecule has 0 aliphatic rings. The van der Waals surface area contributed by atoms with Gasteiger partial charge in [-0.1, -0.05) is 12.1 Å². The first-order valence-corrected chi connectivity index (χ1v) is 6.50. The molecule has 0 atom stereocenters. The number of methoxy groups -OCH3 is 1. The van der Waals surface area contributed by atoms with Gasteiger partial charge in [0.05, 0.1) is 12.5 Å². The third kappa shape index (κ3) is 4.22. The molecule has 0 radical (unpaired) electrons. The lowest BCUT2D eigenvalue weighted by Crippen LogP contribution is -2.39. The normalized spacial score (nSPS) is 11.1. The average molecular weight is 270 g/mol. The minimum Gasteiger partial charge on any atom is -0.497 e. The largest absolute Gasteiger partial charge is 0.497 e. The van der Waals surface area contributed by atoms with Crippen LogP contribution in [0.25, 0.3) is 0 Å². The maximum atomic E-state index is 11.8. The predicted molar refractivity (Wildman–Crippen MR) is 74.2 cm³/mol. The first-order valence-electron chi connectivity index (χ1n) is 5.97. The van der Waals surface area contributed by atoms with Crippen LogP contribution in [0.15, 0.2) is 24.3 Å². The Balaban J connectivity index is 2.39. The van der Waals surface area contributed by atoms with Crippen molar-refractivity contribution in [2.24, 2.45) is 5.41 Å². The van der Waals surface area contributed by atoms with Crippen LogP contribution >= 0.6 is 11.6 Å². The second-order valence-electron chi connectivity index (χ2n) is 4.87. The summed E-state index contributed by atoms with van der Waals surface area (Å²) < 4.78 is 5.09. The van der Waals surface area contributed by atoms with Crippen LogP contribution in [0.4, 0.5) is 0 Å². The monoisotopic (exact) mass is 269 g/mol. The Morgan fingerprint density at radius 3 is 2.44 bits per heavy atom. The number of hydrogen-bond acceptors (Lipinski definition) is 2. The molecule has 0 saturated carbocycles. The highest BCUT2D eigenvalue weighted by molar-refractivity contribution is 6.19. The number of hydrogen-bond donors (Lipinski definition) is 1. The Labute approximate surface area is 113 Å². The lowest BCUT2D eigenvalue weighted by atomic mass is 9.95. The van der Waals surface area contributed by atoms with Crippen molar-refractivity contribution >= 4 is 17.5 Å². The molecule has 100 valence electrons. The van der Waals surface area contributed by atoms with E-state index in [2.05, 4.69) is 5.32 Å². The molecule has 1 aromatic rings. The Kier molecular flexibility index (Phi) is 5.48. The first-order chi connectivity index (χ1) is 8.49. The fourth-order valence-electron chi connectivity index (χ4n) is 1.41. The van der Waals surface area contributed by atoms with Gasteiger partial charge in [0.15, 0.2) is 0 Å². The Morgan fingerprint density at radius 1 is 1.33 bits per heavy atom. The van der Waals surface area contributed by atoms with Crippen LogP contribution in [0.5, 0.6) is 5.75 Å². The molecule has 0 heterocycles. The lowest BCUT2D eigenvalue weighted by Gasteiger charge is -2.20. The number of nitrogens with one attached hydrogen (secondary N) is 1. The predicted octanol–water partition coefficient (Wildman–Crippen LogP) is 2.62. The number of carbonyl (C=O) groups excluding carboxylic acids is 1. The summed E-state index contributed by atoms with van der Waals surface area (Å²) in [5, 5.41) is 2.90. The van der Waals surface area contributed by atoms with E-state index in [0.717, 1.165) is 12.2 Å². The number of rotatable bonds is 6. The van der Waals surface area contributed by atoms with E-state index in [1.54, 1.807) is 7.11 Å². The topological polar surface area (TPSA) is 38.3 Å². The minimum atomic E-state index is -0.512. The number of ether oxygens (including phenoxy) is 1. The molecule has 0 saturated heterocycles. The molecule has 1 amide bonds. The Hall–Kier alpha value is -1.22. The molecule has 0 aliphatic carbocycles. The summed E-state index contributed by atoms with van der Waals surface area (Å²) in [6.07, 6.45) is 0.800. The zero-order valence-corrected chi connectivity index (χ0v) is 11.9. The van der Waals surface area contributed by atoms with Crippen LogP contribution in [0.2, 0.25) is 0 Å². The maximum absolute atomic E-state index is 11.8. The Morgan fingerprint density at radius 2 is 1.94 bits per heavy atom. The zero-order valence-electron chi connectivity index (χ0n) is 11.1. The van der Waals surface area contributed by atoms with Crippen molar-refractivity contribution in [3.63, 3.8) is 0 Å². The summed E-state index contributed by atoms with van der Waals surface area (Å²) in [7, 11) is 1.64. The standard InChI is InChI=1S/C14H20ClNO2/c1-14(2,10-15)13(17)16-9-8-11-4-6-12(18-3)7-5-11/h4-7H,8-10H2,1-3H3,(H,16,17). The molecule has 0 spiro atoms. The highest BCUT2D eigenvalue weighted by Crippen LogP contribution is 2.17. The van der Waals surface area contributed by atoms with Crippen molar-refractivity contribution < 1.29 is 9.53 Å². The molecule has 0 aliphatic heterocycles. The number of halogens is 1. The maximum Gasteiger partial charge on any atom is 0.226 e. The van der Waals surface area contributed by atoms with Crippen molar-refractivity contribution in [2.75, 3.05) is 19.5 Å². The van der Waals surface area contributed by atoms with Gasteiger partial charge in [0, 0.05) is 12.4 Å². The highest BCUT2D eigenvalue weighted by atomic mass is 35.5. The second kappa shape index (κ2) is 6.64. The summed E-state index contributed by atoms with van der Waals surface area (Å²) in [6.45, 7) is 4.29. The molecule has 1 rings (SSSR count). The van der Waals surface area contributed by atoms with Gasteiger partial charge in [-0.2, -0.15) is 0 Å². The van der Waals surface area contributed by atoms with E-state index in [0.29, 0.717) is 12.4 Å². The number of carbonyl (C=O) groups is 1. The van der Waals surface area contributed by atoms with Crippen LogP contribution in [0, 0.1) is 5.41 Å². The van der Waals surface area contributed by atoms with Crippen molar-refractivity contribution in [2.45, 2.75) is 20.3 Å². The molecule has 18 heavy (non-hydrogen) atoms. The van der Waals surface area contributed by atoms with Crippen molar-refractivity contribution in [3.8, 4) is 5.75 Å². The summed E-state index contributed by atoms with van der Waals surface area (Å²) in [6, 6.07) is 7.83. The molecule has 0 bridgehead atoms. The van der Waals surface area contributed by atoms with Crippen molar-refractivity contribution in [1.29, 1.82) is 0 Å². The van der Waals surface area contributed by atoms with Gasteiger partial charge in [-0.15, -0.1) is 11.6 Å². The van der Waals surface area contributed by atoms with E-state index in [-0.39, 0.29) is 5.91 Å². The van der Waals surface area contributed by atoms with Gasteiger partial charge < -0.3 is 10.1 Å². The molecular formula is C14H20ClNO2. The summed E-state index contributed by atoms with van der Waals surface area (Å²) >= 11 is 5.74. The van der Waals surface area contributed by atoms with Gasteiger partial charge in [0.1, 0.15) is 5.75 Å². The van der Waals surface area contributed by atoms with E-state index in [4.69, 9.17) is 16.3 Å². The van der Waals surface area contributed by atoms with E-state index in [9.17, 15) is 4.79 Å². The third-order valence-electron chi connectivity index (χ3n) is 2.81. The summed E-state index contributed by atoms with van der Waals surface area (Å²) in [5.41, 5.74) is 0.654. The molecule has 1 N–H and O–H groups in total. The van der Waals surface area contributed by atoms with E-state index >= 15 is 0 Å². The smallest absolute Gasteiger partial charge is 0.226 e. The van der Waals surface area contributed by atoms with Gasteiger partial charge in [-0.3, -0.25) is 4.79 Å². The molecule has 3 nitrogen and oxygen atoms in total. The van der Waals surface area contributed by atoms with E-state index in [1.807, 2.05) is 38.1 Å². The van der Waals surface area contributed by atoms with Gasteiger partial charge in [0.2, 0.25) is 5.91 Å². The second-order valence-corrected chi connectivity index (χ2v) is 5.14.